The lowest BCUT2D eigenvalue weighted by atomic mass is 9.80. The molecular weight excluding hydrogens is 268 g/mol. The van der Waals surface area contributed by atoms with Gasteiger partial charge >= 0.3 is 5.97 Å². The molecule has 112 valence electrons. The molecule has 0 amide bonds. The fourth-order valence-corrected chi connectivity index (χ4v) is 3.16. The van der Waals surface area contributed by atoms with E-state index < -0.39 is 11.4 Å². The number of nitrogens with zero attached hydrogens (tertiary/aromatic N) is 1. The van der Waals surface area contributed by atoms with Crippen LogP contribution < -0.4 is 5.32 Å². The fourth-order valence-electron chi connectivity index (χ4n) is 3.16. The molecule has 0 bridgehead atoms. The number of carboxylic acids is 1. The van der Waals surface area contributed by atoms with Gasteiger partial charge in [0.2, 0.25) is 0 Å². The summed E-state index contributed by atoms with van der Waals surface area (Å²) in [5.74, 6) is 0.00221. The molecule has 1 aliphatic carbocycles. The molecule has 21 heavy (non-hydrogen) atoms. The van der Waals surface area contributed by atoms with Gasteiger partial charge in [0.15, 0.2) is 0 Å². The van der Waals surface area contributed by atoms with Crippen molar-refractivity contribution in [3.05, 3.63) is 24.6 Å². The number of furan rings is 1. The number of carbonyl (C=O) groups is 1. The van der Waals surface area contributed by atoms with Crippen LogP contribution in [0.2, 0.25) is 0 Å². The highest BCUT2D eigenvalue weighted by molar-refractivity contribution is 5.88. The second-order valence-electron chi connectivity index (χ2n) is 5.85. The van der Waals surface area contributed by atoms with Crippen molar-refractivity contribution in [2.24, 2.45) is 5.41 Å². The first-order valence-corrected chi connectivity index (χ1v) is 7.51. The summed E-state index contributed by atoms with van der Waals surface area (Å²) < 4.78 is 5.35. The summed E-state index contributed by atoms with van der Waals surface area (Å²) in [7, 11) is 0. The highest BCUT2D eigenvalue weighted by atomic mass is 16.4. The van der Waals surface area contributed by atoms with E-state index >= 15 is 0 Å². The van der Waals surface area contributed by atoms with Gasteiger partial charge in [0.1, 0.15) is 11.4 Å². The molecule has 2 aromatic rings. The van der Waals surface area contributed by atoms with Crippen LogP contribution in [0.1, 0.15) is 38.5 Å². The maximum atomic E-state index is 11.8. The molecule has 2 aromatic heterocycles. The first-order chi connectivity index (χ1) is 10.2. The normalized spacial score (nSPS) is 18.3. The van der Waals surface area contributed by atoms with E-state index in [1.165, 1.54) is 0 Å². The maximum absolute atomic E-state index is 11.8. The molecule has 3 rings (SSSR count). The van der Waals surface area contributed by atoms with Gasteiger partial charge < -0.3 is 14.8 Å². The Hall–Kier alpha value is -2.04. The van der Waals surface area contributed by atoms with E-state index in [1.54, 1.807) is 18.5 Å². The minimum absolute atomic E-state index is 0.416. The van der Waals surface area contributed by atoms with Gasteiger partial charge in [-0.05, 0) is 25.0 Å². The standard InChI is InChI=1S/C16H20N2O3/c19-15(20)16(7-3-1-2-4-8-16)11-18-14-12-6-10-21-13(12)5-9-17-14/h5-6,9-10H,1-4,7-8,11H2,(H,17,18)(H,19,20). The van der Waals surface area contributed by atoms with Crippen molar-refractivity contribution >= 4 is 22.8 Å². The van der Waals surface area contributed by atoms with Crippen molar-refractivity contribution in [1.29, 1.82) is 0 Å². The Labute approximate surface area is 123 Å². The summed E-state index contributed by atoms with van der Waals surface area (Å²) in [6.07, 6.45) is 8.99. The van der Waals surface area contributed by atoms with Crippen LogP contribution in [0.5, 0.6) is 0 Å². The molecule has 1 fully saturated rings. The van der Waals surface area contributed by atoms with Crippen molar-refractivity contribution in [2.75, 3.05) is 11.9 Å². The molecule has 0 saturated heterocycles. The Morgan fingerprint density at radius 1 is 1.29 bits per heavy atom. The SMILES string of the molecule is O=C(O)C1(CNc2nccc3occc23)CCCCCC1. The van der Waals surface area contributed by atoms with Gasteiger partial charge in [-0.1, -0.05) is 25.7 Å². The van der Waals surface area contributed by atoms with Crippen LogP contribution in [0.25, 0.3) is 11.0 Å². The van der Waals surface area contributed by atoms with E-state index in [4.69, 9.17) is 4.42 Å². The van der Waals surface area contributed by atoms with Crippen LogP contribution >= 0.6 is 0 Å². The average Bonchev–Trinajstić information content (AvgIpc) is 2.83. The van der Waals surface area contributed by atoms with Crippen LogP contribution in [0.3, 0.4) is 0 Å². The number of rotatable bonds is 4. The Balaban J connectivity index is 1.80. The van der Waals surface area contributed by atoms with Crippen LogP contribution in [0, 0.1) is 5.41 Å². The van der Waals surface area contributed by atoms with E-state index in [0.29, 0.717) is 12.4 Å². The third-order valence-electron chi connectivity index (χ3n) is 4.49. The third kappa shape index (κ3) is 2.73. The van der Waals surface area contributed by atoms with Gasteiger partial charge in [0.25, 0.3) is 0 Å². The second kappa shape index (κ2) is 5.76. The zero-order valence-corrected chi connectivity index (χ0v) is 12.0. The Morgan fingerprint density at radius 3 is 2.76 bits per heavy atom. The molecular formula is C16H20N2O3. The van der Waals surface area contributed by atoms with Crippen molar-refractivity contribution in [3.8, 4) is 0 Å². The monoisotopic (exact) mass is 288 g/mol. The van der Waals surface area contributed by atoms with Crippen molar-refractivity contribution in [3.63, 3.8) is 0 Å². The Kier molecular flexibility index (Phi) is 3.82. The van der Waals surface area contributed by atoms with Crippen molar-refractivity contribution in [2.45, 2.75) is 38.5 Å². The Morgan fingerprint density at radius 2 is 2.05 bits per heavy atom. The smallest absolute Gasteiger partial charge is 0.311 e. The summed E-state index contributed by atoms with van der Waals surface area (Å²) in [6.45, 7) is 0.416. The molecule has 0 spiro atoms. The van der Waals surface area contributed by atoms with Gasteiger partial charge in [-0.15, -0.1) is 0 Å². The second-order valence-corrected chi connectivity index (χ2v) is 5.85. The lowest BCUT2D eigenvalue weighted by molar-refractivity contribution is -0.149. The van der Waals surface area contributed by atoms with Gasteiger partial charge in [-0.3, -0.25) is 4.79 Å². The summed E-state index contributed by atoms with van der Waals surface area (Å²) in [6, 6.07) is 3.66. The molecule has 2 N–H and O–H groups in total. The first kappa shape index (κ1) is 13.9. The highest BCUT2D eigenvalue weighted by Gasteiger charge is 2.38. The number of anilines is 1. The summed E-state index contributed by atoms with van der Waals surface area (Å²) >= 11 is 0. The molecule has 0 unspecified atom stereocenters. The number of carboxylic acid groups (broad SMARTS) is 1. The highest BCUT2D eigenvalue weighted by Crippen LogP contribution is 2.36. The number of aliphatic carboxylic acids is 1. The lowest BCUT2D eigenvalue weighted by Crippen LogP contribution is -2.37. The quantitative estimate of drug-likeness (QED) is 0.840. The van der Waals surface area contributed by atoms with E-state index in [2.05, 4.69) is 10.3 Å². The summed E-state index contributed by atoms with van der Waals surface area (Å²) in [4.78, 5) is 16.1. The van der Waals surface area contributed by atoms with Crippen LogP contribution in [0.4, 0.5) is 5.82 Å². The molecule has 1 aliphatic rings. The van der Waals surface area contributed by atoms with Crippen LogP contribution in [-0.2, 0) is 4.79 Å². The predicted octanol–water partition coefficient (Wildman–Crippen LogP) is 3.66. The van der Waals surface area contributed by atoms with Gasteiger partial charge in [0, 0.05) is 12.7 Å². The fraction of sp³-hybridized carbons (Fsp3) is 0.500. The molecule has 0 aromatic carbocycles. The van der Waals surface area contributed by atoms with Crippen LogP contribution in [-0.4, -0.2) is 22.6 Å². The van der Waals surface area contributed by atoms with Gasteiger partial charge in [-0.25, -0.2) is 4.98 Å². The summed E-state index contributed by atoms with van der Waals surface area (Å²) in [5.41, 5.74) is 0.0853. The molecule has 0 aliphatic heterocycles. The number of aromatic nitrogens is 1. The molecule has 5 nitrogen and oxygen atoms in total. The molecule has 2 heterocycles. The van der Waals surface area contributed by atoms with Gasteiger partial charge in [0.05, 0.1) is 17.1 Å². The third-order valence-corrected chi connectivity index (χ3v) is 4.49. The van der Waals surface area contributed by atoms with Crippen molar-refractivity contribution in [1.82, 2.24) is 4.98 Å². The molecule has 5 heteroatoms. The van der Waals surface area contributed by atoms with E-state index in [9.17, 15) is 9.90 Å². The number of hydrogen-bond donors (Lipinski definition) is 2. The predicted molar refractivity (Wildman–Crippen MR) is 80.3 cm³/mol. The number of nitrogens with one attached hydrogen (secondary N) is 1. The Bertz CT molecular complexity index is 627. The van der Waals surface area contributed by atoms with Crippen molar-refractivity contribution < 1.29 is 14.3 Å². The topological polar surface area (TPSA) is 75.4 Å². The first-order valence-electron chi connectivity index (χ1n) is 7.51. The molecule has 0 atom stereocenters. The van der Waals surface area contributed by atoms with E-state index in [0.717, 1.165) is 49.5 Å². The zero-order valence-electron chi connectivity index (χ0n) is 12.0. The minimum atomic E-state index is -0.698. The number of fused-ring (bicyclic) bond motifs is 1. The van der Waals surface area contributed by atoms with E-state index in [-0.39, 0.29) is 0 Å². The van der Waals surface area contributed by atoms with Crippen LogP contribution in [0.15, 0.2) is 29.0 Å². The average molecular weight is 288 g/mol. The van der Waals surface area contributed by atoms with E-state index in [1.807, 2.05) is 6.07 Å². The largest absolute Gasteiger partial charge is 0.481 e. The number of hydrogen-bond acceptors (Lipinski definition) is 4. The summed E-state index contributed by atoms with van der Waals surface area (Å²) in [5, 5.41) is 13.8. The van der Waals surface area contributed by atoms with Gasteiger partial charge in [-0.2, -0.15) is 0 Å². The maximum Gasteiger partial charge on any atom is 0.311 e. The zero-order chi connectivity index (χ0) is 14.7. The molecule has 1 saturated carbocycles. The minimum Gasteiger partial charge on any atom is -0.481 e. The number of pyridine rings is 1. The molecule has 0 radical (unpaired) electrons. The lowest BCUT2D eigenvalue weighted by Gasteiger charge is -2.28.